The number of hydrogen-bond acceptors (Lipinski definition) is 5. The average molecular weight is 441 g/mol. The Bertz CT molecular complexity index is 1170. The molecule has 2 saturated heterocycles. The second kappa shape index (κ2) is 8.07. The Morgan fingerprint density at radius 2 is 1.77 bits per heavy atom. The number of aromatic amines is 1. The number of hydrogen-bond donors (Lipinski definition) is 1. The summed E-state index contributed by atoms with van der Waals surface area (Å²) in [5.74, 6) is 0.678. The molecule has 1 N–H and O–H groups in total. The predicted molar refractivity (Wildman–Crippen MR) is 115 cm³/mol. The Labute approximate surface area is 180 Å². The van der Waals surface area contributed by atoms with Gasteiger partial charge >= 0.3 is 0 Å². The number of sulfonamides is 1. The molecule has 0 radical (unpaired) electrons. The molecule has 0 aliphatic carbocycles. The van der Waals surface area contributed by atoms with E-state index in [1.807, 2.05) is 29.2 Å². The number of H-pyrrole nitrogens is 1. The summed E-state index contributed by atoms with van der Waals surface area (Å²) in [6.45, 7) is 2.13. The molecule has 0 spiro atoms. The summed E-state index contributed by atoms with van der Waals surface area (Å²) in [5.41, 5.74) is 2.31. The van der Waals surface area contributed by atoms with Gasteiger partial charge in [-0.1, -0.05) is 12.1 Å². The minimum Gasteiger partial charge on any atom is -0.379 e. The Morgan fingerprint density at radius 1 is 1.03 bits per heavy atom. The lowest BCUT2D eigenvalue weighted by atomic mass is 10.1. The lowest BCUT2D eigenvalue weighted by Crippen LogP contribution is -2.40. The number of amides is 1. The van der Waals surface area contributed by atoms with Crippen molar-refractivity contribution in [2.24, 2.45) is 0 Å². The maximum absolute atomic E-state index is 13.2. The monoisotopic (exact) mass is 440 g/mol. The number of para-hydroxylation sites is 2. The molecule has 2 aliphatic heterocycles. The van der Waals surface area contributed by atoms with Gasteiger partial charge in [0, 0.05) is 25.2 Å². The van der Waals surface area contributed by atoms with Gasteiger partial charge in [-0.15, -0.1) is 0 Å². The Kier molecular flexibility index (Phi) is 5.25. The second-order valence-corrected chi connectivity index (χ2v) is 9.77. The number of benzene rings is 2. The maximum atomic E-state index is 13.2. The molecule has 1 unspecified atom stereocenters. The first-order valence-electron chi connectivity index (χ1n) is 10.5. The summed E-state index contributed by atoms with van der Waals surface area (Å²) in [7, 11) is -3.58. The number of imidazole rings is 1. The van der Waals surface area contributed by atoms with Crippen LogP contribution < -0.4 is 0 Å². The van der Waals surface area contributed by atoms with E-state index in [1.165, 1.54) is 16.4 Å². The van der Waals surface area contributed by atoms with Crippen LogP contribution in [0.3, 0.4) is 0 Å². The van der Waals surface area contributed by atoms with Crippen LogP contribution in [0.5, 0.6) is 0 Å². The first-order valence-corrected chi connectivity index (χ1v) is 11.9. The van der Waals surface area contributed by atoms with Crippen molar-refractivity contribution in [1.82, 2.24) is 19.2 Å². The van der Waals surface area contributed by atoms with E-state index in [4.69, 9.17) is 4.74 Å². The first-order chi connectivity index (χ1) is 15.0. The molecule has 5 rings (SSSR count). The third kappa shape index (κ3) is 3.73. The maximum Gasteiger partial charge on any atom is 0.254 e. The van der Waals surface area contributed by atoms with Crippen molar-refractivity contribution in [1.29, 1.82) is 0 Å². The topological polar surface area (TPSA) is 95.6 Å². The van der Waals surface area contributed by atoms with Crippen molar-refractivity contribution in [2.75, 3.05) is 32.8 Å². The van der Waals surface area contributed by atoms with Crippen molar-refractivity contribution in [3.8, 4) is 0 Å². The van der Waals surface area contributed by atoms with Crippen molar-refractivity contribution >= 4 is 27.0 Å². The number of fused-ring (bicyclic) bond motifs is 1. The summed E-state index contributed by atoms with van der Waals surface area (Å²) in [4.78, 5) is 23.2. The van der Waals surface area contributed by atoms with Gasteiger partial charge in [0.1, 0.15) is 5.82 Å². The van der Waals surface area contributed by atoms with Crippen LogP contribution in [0.15, 0.2) is 53.4 Å². The van der Waals surface area contributed by atoms with E-state index in [1.54, 1.807) is 12.1 Å². The highest BCUT2D eigenvalue weighted by atomic mass is 32.2. The molecule has 162 valence electrons. The molecule has 31 heavy (non-hydrogen) atoms. The number of nitrogens with zero attached hydrogens (tertiary/aromatic N) is 3. The minimum atomic E-state index is -3.58. The van der Waals surface area contributed by atoms with E-state index in [2.05, 4.69) is 9.97 Å². The lowest BCUT2D eigenvalue weighted by molar-refractivity contribution is 0.0729. The fourth-order valence-corrected chi connectivity index (χ4v) is 5.70. The van der Waals surface area contributed by atoms with Crippen LogP contribution in [0.2, 0.25) is 0 Å². The quantitative estimate of drug-likeness (QED) is 0.673. The number of ether oxygens (including phenoxy) is 1. The minimum absolute atomic E-state index is 0.113. The summed E-state index contributed by atoms with van der Waals surface area (Å²) >= 11 is 0. The molecule has 0 saturated carbocycles. The van der Waals surface area contributed by atoms with Crippen LogP contribution in [0.1, 0.15) is 35.1 Å². The smallest absolute Gasteiger partial charge is 0.254 e. The van der Waals surface area contributed by atoms with Crippen LogP contribution >= 0.6 is 0 Å². The van der Waals surface area contributed by atoms with Gasteiger partial charge in [-0.3, -0.25) is 4.79 Å². The molecule has 1 atom stereocenters. The molecule has 2 fully saturated rings. The van der Waals surface area contributed by atoms with Crippen molar-refractivity contribution in [2.45, 2.75) is 23.8 Å². The molecule has 0 bridgehead atoms. The molecular weight excluding hydrogens is 416 g/mol. The molecule has 3 heterocycles. The van der Waals surface area contributed by atoms with Crippen molar-refractivity contribution < 1.29 is 17.9 Å². The summed E-state index contributed by atoms with van der Waals surface area (Å²) in [6.07, 6.45) is 1.74. The third-order valence-electron chi connectivity index (χ3n) is 5.95. The van der Waals surface area contributed by atoms with E-state index >= 15 is 0 Å². The third-order valence-corrected chi connectivity index (χ3v) is 7.86. The highest BCUT2D eigenvalue weighted by Gasteiger charge is 2.33. The number of aromatic nitrogens is 2. The zero-order valence-corrected chi connectivity index (χ0v) is 17.8. The van der Waals surface area contributed by atoms with Crippen LogP contribution in [-0.4, -0.2) is 66.3 Å². The van der Waals surface area contributed by atoms with E-state index in [9.17, 15) is 13.2 Å². The number of morpholine rings is 1. The lowest BCUT2D eigenvalue weighted by Gasteiger charge is -2.26. The summed E-state index contributed by atoms with van der Waals surface area (Å²) < 4.78 is 32.3. The van der Waals surface area contributed by atoms with Gasteiger partial charge in [-0.05, 0) is 49.2 Å². The van der Waals surface area contributed by atoms with Crippen LogP contribution in [0.25, 0.3) is 11.0 Å². The fourth-order valence-electron chi connectivity index (χ4n) is 4.30. The van der Waals surface area contributed by atoms with Gasteiger partial charge in [-0.2, -0.15) is 4.31 Å². The molecule has 1 amide bonds. The fraction of sp³-hybridized carbons (Fsp3) is 0.364. The average Bonchev–Trinajstić information content (AvgIpc) is 3.46. The zero-order valence-electron chi connectivity index (χ0n) is 17.0. The highest BCUT2D eigenvalue weighted by molar-refractivity contribution is 7.89. The predicted octanol–water partition coefficient (Wildman–Crippen LogP) is 2.56. The van der Waals surface area contributed by atoms with Gasteiger partial charge in [0.2, 0.25) is 10.0 Å². The molecule has 1 aromatic heterocycles. The zero-order chi connectivity index (χ0) is 21.4. The van der Waals surface area contributed by atoms with Gasteiger partial charge in [-0.25, -0.2) is 13.4 Å². The largest absolute Gasteiger partial charge is 0.379 e. The van der Waals surface area contributed by atoms with E-state index in [0.717, 1.165) is 29.7 Å². The van der Waals surface area contributed by atoms with Crippen molar-refractivity contribution in [3.05, 3.63) is 59.9 Å². The normalized spacial score (nSPS) is 20.4. The number of rotatable bonds is 4. The van der Waals surface area contributed by atoms with E-state index < -0.39 is 10.0 Å². The van der Waals surface area contributed by atoms with E-state index in [0.29, 0.717) is 38.4 Å². The van der Waals surface area contributed by atoms with E-state index in [-0.39, 0.29) is 16.8 Å². The molecule has 2 aliphatic rings. The number of likely N-dealkylation sites (tertiary alicyclic amines) is 1. The van der Waals surface area contributed by atoms with Gasteiger partial charge in [0.25, 0.3) is 5.91 Å². The first kappa shape index (κ1) is 20.2. The Morgan fingerprint density at radius 3 is 2.52 bits per heavy atom. The van der Waals surface area contributed by atoms with Gasteiger partial charge < -0.3 is 14.6 Å². The van der Waals surface area contributed by atoms with Crippen LogP contribution in [0, 0.1) is 0 Å². The van der Waals surface area contributed by atoms with Crippen LogP contribution in [-0.2, 0) is 14.8 Å². The van der Waals surface area contributed by atoms with Crippen LogP contribution in [0.4, 0.5) is 0 Å². The Balaban J connectivity index is 1.36. The van der Waals surface area contributed by atoms with Gasteiger partial charge in [0.15, 0.2) is 0 Å². The number of carbonyl (C=O) groups excluding carboxylic acids is 1. The molecular formula is C22H24N4O4S. The summed E-state index contributed by atoms with van der Waals surface area (Å²) in [5, 5.41) is 0. The molecule has 2 aromatic carbocycles. The SMILES string of the molecule is O=C(c1ccc(S(=O)(=O)N2CCOCC2)cc1)N1CCCC1c1nc2ccccc2[nH]1. The number of nitrogens with one attached hydrogen (secondary N) is 1. The standard InChI is InChI=1S/C22H24N4O4S/c27-22(16-7-9-17(10-8-16)31(28,29)25-12-14-30-15-13-25)26-11-3-6-20(26)21-23-18-4-1-2-5-19(18)24-21/h1-2,4-5,7-10,20H,3,6,11-15H2,(H,23,24). The molecule has 9 heteroatoms. The molecule has 3 aromatic rings. The second-order valence-electron chi connectivity index (χ2n) is 7.84. The molecule has 8 nitrogen and oxygen atoms in total. The highest BCUT2D eigenvalue weighted by Crippen LogP contribution is 2.33. The summed E-state index contributed by atoms with van der Waals surface area (Å²) in [6, 6.07) is 13.9. The Hall–Kier alpha value is -2.75. The van der Waals surface area contributed by atoms with Crippen molar-refractivity contribution in [3.63, 3.8) is 0 Å². The van der Waals surface area contributed by atoms with Gasteiger partial charge in [0.05, 0.1) is 35.2 Å². The number of carbonyl (C=O) groups is 1.